The number of aromatic nitrogens is 3. The van der Waals surface area contributed by atoms with Gasteiger partial charge in [-0.3, -0.25) is 15.0 Å². The molecule has 3 aromatic rings. The summed E-state index contributed by atoms with van der Waals surface area (Å²) in [6, 6.07) is 6.50. The largest absolute Gasteiger partial charge is 0.313 e. The average Bonchev–Trinajstić information content (AvgIpc) is 2.97. The molecule has 2 heterocycles. The SMILES string of the molecule is CNC(Cc1cncs1)c1ccc2nccnc2c1. The number of fused-ring (bicyclic) bond motifs is 1. The minimum Gasteiger partial charge on any atom is -0.313 e. The van der Waals surface area contributed by atoms with E-state index in [2.05, 4.69) is 32.4 Å². The van der Waals surface area contributed by atoms with Crippen LogP contribution in [0.25, 0.3) is 11.0 Å². The summed E-state index contributed by atoms with van der Waals surface area (Å²) in [5.74, 6) is 0. The summed E-state index contributed by atoms with van der Waals surface area (Å²) in [7, 11) is 1.98. The van der Waals surface area contributed by atoms with E-state index in [9.17, 15) is 0 Å². The first-order valence-electron chi connectivity index (χ1n) is 6.12. The first kappa shape index (κ1) is 12.2. The summed E-state index contributed by atoms with van der Waals surface area (Å²) >= 11 is 1.69. The van der Waals surface area contributed by atoms with E-state index in [1.165, 1.54) is 10.4 Å². The van der Waals surface area contributed by atoms with Crippen molar-refractivity contribution in [3.8, 4) is 0 Å². The molecule has 4 nitrogen and oxygen atoms in total. The zero-order chi connectivity index (χ0) is 13.1. The summed E-state index contributed by atoms with van der Waals surface area (Å²) in [5.41, 5.74) is 4.96. The molecule has 1 aromatic carbocycles. The highest BCUT2D eigenvalue weighted by Gasteiger charge is 2.12. The van der Waals surface area contributed by atoms with E-state index in [-0.39, 0.29) is 6.04 Å². The summed E-state index contributed by atoms with van der Waals surface area (Å²) in [6.45, 7) is 0. The molecule has 0 fully saturated rings. The van der Waals surface area contributed by atoms with Gasteiger partial charge in [-0.25, -0.2) is 0 Å². The lowest BCUT2D eigenvalue weighted by Gasteiger charge is -2.15. The number of benzene rings is 1. The topological polar surface area (TPSA) is 50.7 Å². The van der Waals surface area contributed by atoms with E-state index in [0.29, 0.717) is 0 Å². The molecule has 96 valence electrons. The fourth-order valence-corrected chi connectivity index (χ4v) is 2.77. The van der Waals surface area contributed by atoms with Gasteiger partial charge in [0.25, 0.3) is 0 Å². The van der Waals surface area contributed by atoms with Crippen LogP contribution in [0.3, 0.4) is 0 Å². The van der Waals surface area contributed by atoms with Crippen LogP contribution in [0.1, 0.15) is 16.5 Å². The molecule has 3 rings (SSSR count). The van der Waals surface area contributed by atoms with E-state index in [1.54, 1.807) is 23.7 Å². The fraction of sp³-hybridized carbons (Fsp3) is 0.214. The van der Waals surface area contributed by atoms with Crippen molar-refractivity contribution in [3.63, 3.8) is 0 Å². The third kappa shape index (κ3) is 2.62. The lowest BCUT2D eigenvalue weighted by molar-refractivity contribution is 0.596. The molecular formula is C14H14N4S. The molecule has 1 atom stereocenters. The van der Waals surface area contributed by atoms with Crippen molar-refractivity contribution >= 4 is 22.4 Å². The number of hydrogen-bond donors (Lipinski definition) is 1. The zero-order valence-corrected chi connectivity index (χ0v) is 11.4. The number of hydrogen-bond acceptors (Lipinski definition) is 5. The Morgan fingerprint density at radius 1 is 1.21 bits per heavy atom. The lowest BCUT2D eigenvalue weighted by atomic mass is 10.0. The number of nitrogens with one attached hydrogen (secondary N) is 1. The maximum atomic E-state index is 4.36. The van der Waals surface area contributed by atoms with Crippen molar-refractivity contribution < 1.29 is 0 Å². The molecule has 19 heavy (non-hydrogen) atoms. The highest BCUT2D eigenvalue weighted by molar-refractivity contribution is 7.09. The van der Waals surface area contributed by atoms with Crippen LogP contribution in [0.5, 0.6) is 0 Å². The highest BCUT2D eigenvalue weighted by atomic mass is 32.1. The van der Waals surface area contributed by atoms with Gasteiger partial charge in [0.05, 0.1) is 16.5 Å². The third-order valence-corrected chi connectivity index (χ3v) is 3.93. The van der Waals surface area contributed by atoms with Gasteiger partial charge in [-0.15, -0.1) is 11.3 Å². The molecule has 0 radical (unpaired) electrons. The average molecular weight is 270 g/mol. The van der Waals surface area contributed by atoms with Crippen molar-refractivity contribution in [1.29, 1.82) is 0 Å². The van der Waals surface area contributed by atoms with Crippen molar-refractivity contribution in [1.82, 2.24) is 20.3 Å². The van der Waals surface area contributed by atoms with E-state index < -0.39 is 0 Å². The molecular weight excluding hydrogens is 256 g/mol. The number of rotatable bonds is 4. The molecule has 0 bridgehead atoms. The minimum atomic E-state index is 0.270. The van der Waals surface area contributed by atoms with Gasteiger partial charge in [0.1, 0.15) is 0 Å². The van der Waals surface area contributed by atoms with Crippen molar-refractivity contribution in [2.45, 2.75) is 12.5 Å². The summed E-state index contributed by atoms with van der Waals surface area (Å²) in [6.07, 6.45) is 6.31. The zero-order valence-electron chi connectivity index (χ0n) is 10.6. The van der Waals surface area contributed by atoms with Gasteiger partial charge in [-0.05, 0) is 24.7 Å². The molecule has 5 heteroatoms. The summed E-state index contributed by atoms with van der Waals surface area (Å²) < 4.78 is 0. The molecule has 0 aliphatic carbocycles. The monoisotopic (exact) mass is 270 g/mol. The van der Waals surface area contributed by atoms with Gasteiger partial charge < -0.3 is 5.32 Å². The Balaban J connectivity index is 1.92. The van der Waals surface area contributed by atoms with Crippen molar-refractivity contribution in [2.75, 3.05) is 7.05 Å². The predicted molar refractivity (Wildman–Crippen MR) is 77.2 cm³/mol. The highest BCUT2D eigenvalue weighted by Crippen LogP contribution is 2.22. The molecule has 0 saturated heterocycles. The van der Waals surface area contributed by atoms with E-state index >= 15 is 0 Å². The summed E-state index contributed by atoms with van der Waals surface area (Å²) in [5, 5.41) is 3.35. The molecule has 0 aliphatic rings. The lowest BCUT2D eigenvalue weighted by Crippen LogP contribution is -2.18. The van der Waals surface area contributed by atoms with Gasteiger partial charge in [0.15, 0.2) is 0 Å². The van der Waals surface area contributed by atoms with Crippen LogP contribution in [0.2, 0.25) is 0 Å². The molecule has 0 amide bonds. The fourth-order valence-electron chi connectivity index (χ4n) is 2.13. The Hall–Kier alpha value is -1.85. The van der Waals surface area contributed by atoms with Gasteiger partial charge in [-0.1, -0.05) is 6.07 Å². The predicted octanol–water partition coefficient (Wildman–Crippen LogP) is 2.59. The normalized spacial score (nSPS) is 12.7. The second kappa shape index (κ2) is 5.42. The quantitative estimate of drug-likeness (QED) is 0.791. The number of likely N-dealkylation sites (N-methyl/N-ethyl adjacent to an activating group) is 1. The van der Waals surface area contributed by atoms with Crippen LogP contribution in [0.4, 0.5) is 0 Å². The number of nitrogens with zero attached hydrogens (tertiary/aromatic N) is 3. The van der Waals surface area contributed by atoms with Crippen LogP contribution in [-0.2, 0) is 6.42 Å². The van der Waals surface area contributed by atoms with Crippen molar-refractivity contribution in [3.05, 3.63) is 52.7 Å². The Kier molecular flexibility index (Phi) is 3.48. The second-order valence-corrected chi connectivity index (χ2v) is 5.29. The Morgan fingerprint density at radius 3 is 2.79 bits per heavy atom. The van der Waals surface area contributed by atoms with Crippen LogP contribution >= 0.6 is 11.3 Å². The molecule has 2 aromatic heterocycles. The first-order valence-corrected chi connectivity index (χ1v) is 7.00. The third-order valence-electron chi connectivity index (χ3n) is 3.13. The molecule has 0 saturated carbocycles. The molecule has 0 spiro atoms. The van der Waals surface area contributed by atoms with Gasteiger partial charge in [-0.2, -0.15) is 0 Å². The van der Waals surface area contributed by atoms with E-state index in [0.717, 1.165) is 17.5 Å². The first-order chi connectivity index (χ1) is 9.36. The standard InChI is InChI=1S/C14H14N4S/c1-15-13(7-11-8-16-9-19-11)10-2-3-12-14(6-10)18-5-4-17-12/h2-6,8-9,13,15H,7H2,1H3. The smallest absolute Gasteiger partial charge is 0.0890 e. The van der Waals surface area contributed by atoms with E-state index in [1.807, 2.05) is 24.8 Å². The summed E-state index contributed by atoms with van der Waals surface area (Å²) in [4.78, 5) is 14.0. The minimum absolute atomic E-state index is 0.270. The molecule has 1 N–H and O–H groups in total. The van der Waals surface area contributed by atoms with Gasteiger partial charge >= 0.3 is 0 Å². The van der Waals surface area contributed by atoms with E-state index in [4.69, 9.17) is 0 Å². The molecule has 0 aliphatic heterocycles. The second-order valence-electron chi connectivity index (χ2n) is 4.32. The van der Waals surface area contributed by atoms with Crippen LogP contribution < -0.4 is 5.32 Å². The molecule has 1 unspecified atom stereocenters. The Morgan fingerprint density at radius 2 is 2.05 bits per heavy atom. The van der Waals surface area contributed by atoms with Crippen molar-refractivity contribution in [2.24, 2.45) is 0 Å². The van der Waals surface area contributed by atoms with Crippen LogP contribution in [0, 0.1) is 0 Å². The Labute approximate surface area is 115 Å². The Bertz CT molecular complexity index is 666. The number of thiazole rings is 1. The maximum Gasteiger partial charge on any atom is 0.0890 e. The maximum absolute atomic E-state index is 4.36. The van der Waals surface area contributed by atoms with Gasteiger partial charge in [0.2, 0.25) is 0 Å². The van der Waals surface area contributed by atoms with Crippen LogP contribution in [0.15, 0.2) is 42.3 Å². The van der Waals surface area contributed by atoms with Gasteiger partial charge in [0, 0.05) is 35.9 Å². The van der Waals surface area contributed by atoms with Crippen LogP contribution in [-0.4, -0.2) is 22.0 Å².